The molecule has 0 aromatic heterocycles. The number of nitrogens with zero attached hydrogens (tertiary/aromatic N) is 1. The van der Waals surface area contributed by atoms with Gasteiger partial charge in [0.05, 0.1) is 0 Å². The highest BCUT2D eigenvalue weighted by Crippen LogP contribution is 2.44. The van der Waals surface area contributed by atoms with Crippen LogP contribution in [0.5, 0.6) is 0 Å². The summed E-state index contributed by atoms with van der Waals surface area (Å²) in [6, 6.07) is 15.6. The number of hydrogen-bond acceptors (Lipinski definition) is 6. The van der Waals surface area contributed by atoms with E-state index in [0.717, 1.165) is 11.1 Å². The van der Waals surface area contributed by atoms with Crippen molar-refractivity contribution in [1.29, 1.82) is 0 Å². The highest BCUT2D eigenvalue weighted by atomic mass is 32.3. The molecule has 11 heteroatoms. The number of carboxylic acids is 1. The standard InChI is InChI=1S/C21H22N2O4.H2O4S/c1-23-11-13(10-19(23)20(24)25)22-21(26)27-12-18-16-8-4-2-6-14(16)15-7-3-5-9-17(15)18;1-5(2,3)4/h2-9,13,18-19H,10-12H2,1H3,(H,22,26)(H,24,25);(H2,1,2,3,4)/t13-,19+;/m1./s1. The van der Waals surface area contributed by atoms with Crippen LogP contribution in [0.25, 0.3) is 11.1 Å². The van der Waals surface area contributed by atoms with Gasteiger partial charge in [0.15, 0.2) is 0 Å². The minimum atomic E-state index is -4.67. The van der Waals surface area contributed by atoms with Crippen LogP contribution in [0.2, 0.25) is 0 Å². The molecule has 1 amide bonds. The van der Waals surface area contributed by atoms with E-state index in [0.29, 0.717) is 13.0 Å². The number of nitrogens with one attached hydrogen (secondary N) is 1. The average Bonchev–Trinajstić information content (AvgIpc) is 3.23. The maximum atomic E-state index is 12.3. The second-order valence-electron chi connectivity index (χ2n) is 7.64. The van der Waals surface area contributed by atoms with E-state index in [2.05, 4.69) is 29.6 Å². The maximum Gasteiger partial charge on any atom is 0.407 e. The van der Waals surface area contributed by atoms with Crippen LogP contribution in [0.4, 0.5) is 4.79 Å². The van der Waals surface area contributed by atoms with Gasteiger partial charge >= 0.3 is 22.5 Å². The molecule has 4 N–H and O–H groups in total. The van der Waals surface area contributed by atoms with Crippen molar-refractivity contribution in [3.05, 3.63) is 59.7 Å². The normalized spacial score (nSPS) is 20.0. The molecule has 2 aliphatic rings. The Morgan fingerprint density at radius 2 is 1.56 bits per heavy atom. The molecule has 10 nitrogen and oxygen atoms in total. The fourth-order valence-corrected chi connectivity index (χ4v) is 4.20. The fourth-order valence-electron chi connectivity index (χ4n) is 4.20. The summed E-state index contributed by atoms with van der Waals surface area (Å²) >= 11 is 0. The van der Waals surface area contributed by atoms with Crippen LogP contribution in [0, 0.1) is 0 Å². The topological polar surface area (TPSA) is 153 Å². The molecule has 1 saturated heterocycles. The van der Waals surface area contributed by atoms with Crippen molar-refractivity contribution >= 4 is 22.5 Å². The molecule has 0 spiro atoms. The monoisotopic (exact) mass is 464 g/mol. The predicted molar refractivity (Wildman–Crippen MR) is 115 cm³/mol. The number of amides is 1. The van der Waals surface area contributed by atoms with Gasteiger partial charge in [-0.3, -0.25) is 18.8 Å². The van der Waals surface area contributed by atoms with E-state index in [9.17, 15) is 14.7 Å². The molecule has 2 aromatic rings. The van der Waals surface area contributed by atoms with Crippen molar-refractivity contribution in [1.82, 2.24) is 10.2 Å². The molecule has 1 aliphatic carbocycles. The number of carbonyl (C=O) groups excluding carboxylic acids is 1. The van der Waals surface area contributed by atoms with Crippen molar-refractivity contribution in [2.45, 2.75) is 24.4 Å². The highest BCUT2D eigenvalue weighted by molar-refractivity contribution is 7.79. The molecule has 0 unspecified atom stereocenters. The van der Waals surface area contributed by atoms with Crippen molar-refractivity contribution < 1.29 is 37.0 Å². The number of benzene rings is 2. The molecule has 0 radical (unpaired) electrons. The lowest BCUT2D eigenvalue weighted by Gasteiger charge is -2.16. The van der Waals surface area contributed by atoms with Crippen LogP contribution in [-0.4, -0.2) is 71.9 Å². The SMILES string of the molecule is CN1C[C@H](NC(=O)OCC2c3ccccc3-c3ccccc32)C[C@H]1C(=O)O.O=S(=O)(O)O. The summed E-state index contributed by atoms with van der Waals surface area (Å²) in [5.41, 5.74) is 4.70. The third kappa shape index (κ3) is 5.82. The maximum absolute atomic E-state index is 12.3. The first-order chi connectivity index (χ1) is 15.0. The third-order valence-electron chi connectivity index (χ3n) is 5.50. The number of likely N-dealkylation sites (N-methyl/N-ethyl adjacent to an activating group) is 1. The summed E-state index contributed by atoms with van der Waals surface area (Å²) < 4.78 is 37.1. The Morgan fingerprint density at radius 1 is 1.06 bits per heavy atom. The van der Waals surface area contributed by atoms with Crippen LogP contribution >= 0.6 is 0 Å². The number of aliphatic carboxylic acids is 1. The Bertz CT molecular complexity index is 1050. The minimum Gasteiger partial charge on any atom is -0.480 e. The summed E-state index contributed by atoms with van der Waals surface area (Å²) in [7, 11) is -2.92. The Hall–Kier alpha value is -2.99. The zero-order valence-electron chi connectivity index (χ0n) is 17.2. The first-order valence-corrected chi connectivity index (χ1v) is 11.2. The van der Waals surface area contributed by atoms with Crippen molar-refractivity contribution in [2.75, 3.05) is 20.2 Å². The molecule has 172 valence electrons. The molecule has 0 saturated carbocycles. The van der Waals surface area contributed by atoms with E-state index in [1.165, 1.54) is 11.1 Å². The van der Waals surface area contributed by atoms with Gasteiger partial charge in [0.2, 0.25) is 0 Å². The summed E-state index contributed by atoms with van der Waals surface area (Å²) in [5.74, 6) is -0.851. The summed E-state index contributed by atoms with van der Waals surface area (Å²) in [5, 5.41) is 12.0. The predicted octanol–water partition coefficient (Wildman–Crippen LogP) is 2.03. The van der Waals surface area contributed by atoms with Crippen molar-refractivity contribution in [3.8, 4) is 11.1 Å². The van der Waals surface area contributed by atoms with Gasteiger partial charge < -0.3 is 15.2 Å². The minimum absolute atomic E-state index is 0.0150. The molecular formula is C21H24N2O8S. The number of carbonyl (C=O) groups is 2. The van der Waals surface area contributed by atoms with Gasteiger partial charge in [-0.05, 0) is 35.7 Å². The Labute approximate surface area is 185 Å². The van der Waals surface area contributed by atoms with E-state index < -0.39 is 28.5 Å². The van der Waals surface area contributed by atoms with Gasteiger partial charge in [0.25, 0.3) is 0 Å². The van der Waals surface area contributed by atoms with Crippen molar-refractivity contribution in [2.24, 2.45) is 0 Å². The number of fused-ring (bicyclic) bond motifs is 3. The number of likely N-dealkylation sites (tertiary alicyclic amines) is 1. The number of ether oxygens (including phenoxy) is 1. The quantitative estimate of drug-likeness (QED) is 0.498. The second kappa shape index (κ2) is 9.65. The lowest BCUT2D eigenvalue weighted by atomic mass is 9.98. The first-order valence-electron chi connectivity index (χ1n) is 9.79. The van der Waals surface area contributed by atoms with Gasteiger partial charge in [-0.25, -0.2) is 4.79 Å². The van der Waals surface area contributed by atoms with Gasteiger partial charge in [0, 0.05) is 18.5 Å². The average molecular weight is 464 g/mol. The van der Waals surface area contributed by atoms with E-state index >= 15 is 0 Å². The molecule has 1 aliphatic heterocycles. The van der Waals surface area contributed by atoms with E-state index in [1.54, 1.807) is 11.9 Å². The van der Waals surface area contributed by atoms with Gasteiger partial charge in [-0.2, -0.15) is 8.42 Å². The zero-order chi connectivity index (χ0) is 23.5. The van der Waals surface area contributed by atoms with E-state index in [4.69, 9.17) is 22.3 Å². The number of rotatable bonds is 4. The lowest BCUT2D eigenvalue weighted by molar-refractivity contribution is -0.141. The van der Waals surface area contributed by atoms with E-state index in [-0.39, 0.29) is 18.6 Å². The van der Waals surface area contributed by atoms with Gasteiger partial charge in [0.1, 0.15) is 12.6 Å². The molecule has 2 atom stereocenters. The van der Waals surface area contributed by atoms with Crippen LogP contribution in [0.15, 0.2) is 48.5 Å². The zero-order valence-corrected chi connectivity index (χ0v) is 18.0. The molecule has 4 rings (SSSR count). The van der Waals surface area contributed by atoms with Crippen LogP contribution in [0.1, 0.15) is 23.5 Å². The molecule has 2 aromatic carbocycles. The molecule has 1 fully saturated rings. The van der Waals surface area contributed by atoms with Crippen molar-refractivity contribution in [3.63, 3.8) is 0 Å². The van der Waals surface area contributed by atoms with Gasteiger partial charge in [-0.15, -0.1) is 0 Å². The Morgan fingerprint density at radius 3 is 2.03 bits per heavy atom. The van der Waals surface area contributed by atoms with Crippen LogP contribution < -0.4 is 5.32 Å². The van der Waals surface area contributed by atoms with Gasteiger partial charge in [-0.1, -0.05) is 48.5 Å². The van der Waals surface area contributed by atoms with Crippen LogP contribution in [-0.2, 0) is 19.9 Å². The number of carboxylic acid groups (broad SMARTS) is 1. The summed E-state index contributed by atoms with van der Waals surface area (Å²) in [6.07, 6.45) is -0.114. The molecule has 0 bridgehead atoms. The number of alkyl carbamates (subject to hydrolysis) is 1. The number of hydrogen-bond donors (Lipinski definition) is 4. The molecular weight excluding hydrogens is 440 g/mol. The van der Waals surface area contributed by atoms with Crippen LogP contribution in [0.3, 0.4) is 0 Å². The van der Waals surface area contributed by atoms with E-state index in [1.807, 2.05) is 24.3 Å². The summed E-state index contributed by atoms with van der Waals surface area (Å²) in [4.78, 5) is 25.2. The molecule has 32 heavy (non-hydrogen) atoms. The molecule has 1 heterocycles. The first kappa shape index (κ1) is 23.7. The Balaban J connectivity index is 0.000000523. The smallest absolute Gasteiger partial charge is 0.407 e. The Kier molecular flexibility index (Phi) is 7.14. The third-order valence-corrected chi connectivity index (χ3v) is 5.50. The largest absolute Gasteiger partial charge is 0.480 e. The highest BCUT2D eigenvalue weighted by Gasteiger charge is 2.35. The second-order valence-corrected chi connectivity index (χ2v) is 8.54. The summed E-state index contributed by atoms with van der Waals surface area (Å²) in [6.45, 7) is 0.756. The fraction of sp³-hybridized carbons (Fsp3) is 0.333. The lowest BCUT2D eigenvalue weighted by Crippen LogP contribution is -2.37.